The van der Waals surface area contributed by atoms with E-state index in [9.17, 15) is 19.2 Å². The summed E-state index contributed by atoms with van der Waals surface area (Å²) in [5.41, 5.74) is 1.21. The molecule has 1 heterocycles. The van der Waals surface area contributed by atoms with Crippen LogP contribution in [0.4, 0.5) is 0 Å². The molecule has 0 unspecified atom stereocenters. The quantitative estimate of drug-likeness (QED) is 0.543. The Morgan fingerprint density at radius 3 is 2.46 bits per heavy atom. The van der Waals surface area contributed by atoms with E-state index >= 15 is 0 Å². The van der Waals surface area contributed by atoms with E-state index < -0.39 is 29.8 Å². The zero-order chi connectivity index (χ0) is 28.0. The van der Waals surface area contributed by atoms with Gasteiger partial charge in [0.15, 0.2) is 0 Å². The average molecular weight is 537 g/mol. The van der Waals surface area contributed by atoms with E-state index in [0.29, 0.717) is 43.9 Å². The smallest absolute Gasteiger partial charge is 0.255 e. The number of hydrogen-bond acceptors (Lipinski definition) is 5. The van der Waals surface area contributed by atoms with Crippen molar-refractivity contribution in [3.8, 4) is 5.75 Å². The number of benzene rings is 2. The summed E-state index contributed by atoms with van der Waals surface area (Å²) < 4.78 is 5.89. The van der Waals surface area contributed by atoms with Crippen LogP contribution in [0.1, 0.15) is 61.4 Å². The Kier molecular flexibility index (Phi) is 11.8. The molecule has 9 nitrogen and oxygen atoms in total. The van der Waals surface area contributed by atoms with Crippen molar-refractivity contribution in [1.29, 1.82) is 0 Å². The molecule has 2 aromatic carbocycles. The van der Waals surface area contributed by atoms with Gasteiger partial charge in [-0.3, -0.25) is 19.2 Å². The van der Waals surface area contributed by atoms with E-state index in [1.165, 1.54) is 0 Å². The van der Waals surface area contributed by atoms with Gasteiger partial charge in [-0.25, -0.2) is 0 Å². The van der Waals surface area contributed by atoms with Crippen LogP contribution in [0.5, 0.6) is 5.75 Å². The maximum atomic E-state index is 13.4. The minimum atomic E-state index is -1.12. The van der Waals surface area contributed by atoms with Gasteiger partial charge in [0.1, 0.15) is 17.8 Å². The van der Waals surface area contributed by atoms with E-state index in [-0.39, 0.29) is 12.3 Å². The number of amides is 4. The standard InChI is InChI=1S/C30H40N4O5/c1-3-17-31-29(37)24-21-27(35)32-25(20-22-13-7-6-8-14-22)30(38)34(2)18-11-4-5-12-19-39-26-16-10-9-15-23(26)28(36)33-24/h6-10,13-16,24-25H,3-5,11-12,17-21H2,1-2H3,(H,31,37)(H,32,35)(H,33,36)/t24-,25-/m0/s1. The number of hydrogen-bond donors (Lipinski definition) is 3. The van der Waals surface area contributed by atoms with Crippen LogP contribution in [0.3, 0.4) is 0 Å². The number of para-hydroxylation sites is 1. The maximum Gasteiger partial charge on any atom is 0.255 e. The second kappa shape index (κ2) is 15.5. The number of rotatable bonds is 5. The van der Waals surface area contributed by atoms with Crippen molar-refractivity contribution < 1.29 is 23.9 Å². The molecule has 3 N–H and O–H groups in total. The molecule has 1 aliphatic heterocycles. The van der Waals surface area contributed by atoms with Crippen LogP contribution in [0, 0.1) is 0 Å². The molecular weight excluding hydrogens is 496 g/mol. The van der Waals surface area contributed by atoms with Gasteiger partial charge in [-0.05, 0) is 37.0 Å². The normalized spacial score (nSPS) is 19.9. The van der Waals surface area contributed by atoms with Crippen LogP contribution in [-0.2, 0) is 20.8 Å². The van der Waals surface area contributed by atoms with Crippen molar-refractivity contribution in [3.05, 3.63) is 65.7 Å². The molecule has 2 atom stereocenters. The summed E-state index contributed by atoms with van der Waals surface area (Å²) in [6, 6.07) is 14.4. The highest BCUT2D eigenvalue weighted by Gasteiger charge is 2.29. The second-order valence-electron chi connectivity index (χ2n) is 9.85. The van der Waals surface area contributed by atoms with E-state index in [2.05, 4.69) is 16.0 Å². The number of likely N-dealkylation sites (N-methyl/N-ethyl adjacent to an activating group) is 1. The first-order valence-electron chi connectivity index (χ1n) is 13.8. The molecule has 39 heavy (non-hydrogen) atoms. The molecule has 210 valence electrons. The van der Waals surface area contributed by atoms with Crippen molar-refractivity contribution in [2.45, 2.75) is 64.0 Å². The van der Waals surface area contributed by atoms with E-state index in [0.717, 1.165) is 31.2 Å². The maximum absolute atomic E-state index is 13.4. The Bertz CT molecular complexity index is 1110. The van der Waals surface area contributed by atoms with Crippen LogP contribution < -0.4 is 20.7 Å². The van der Waals surface area contributed by atoms with E-state index in [4.69, 9.17) is 4.74 Å². The molecule has 0 spiro atoms. The zero-order valence-electron chi connectivity index (χ0n) is 22.9. The molecule has 0 bridgehead atoms. The zero-order valence-corrected chi connectivity index (χ0v) is 22.9. The molecule has 4 amide bonds. The van der Waals surface area contributed by atoms with Crippen molar-refractivity contribution in [3.63, 3.8) is 0 Å². The lowest BCUT2D eigenvalue weighted by Gasteiger charge is -2.26. The summed E-state index contributed by atoms with van der Waals surface area (Å²) >= 11 is 0. The number of nitrogens with zero attached hydrogens (tertiary/aromatic N) is 1. The van der Waals surface area contributed by atoms with Crippen molar-refractivity contribution in [2.75, 3.05) is 26.7 Å². The molecule has 0 aromatic heterocycles. The predicted octanol–water partition coefficient (Wildman–Crippen LogP) is 2.84. The van der Waals surface area contributed by atoms with Gasteiger partial charge in [-0.2, -0.15) is 0 Å². The molecule has 3 rings (SSSR count). The van der Waals surface area contributed by atoms with Crippen molar-refractivity contribution in [2.24, 2.45) is 0 Å². The topological polar surface area (TPSA) is 117 Å². The first-order valence-corrected chi connectivity index (χ1v) is 13.8. The van der Waals surface area contributed by atoms with Gasteiger partial charge in [-0.15, -0.1) is 0 Å². The predicted molar refractivity (Wildman–Crippen MR) is 149 cm³/mol. The van der Waals surface area contributed by atoms with Crippen LogP contribution in [0.2, 0.25) is 0 Å². The third-order valence-corrected chi connectivity index (χ3v) is 6.63. The molecule has 0 radical (unpaired) electrons. The Labute approximate surface area is 230 Å². The molecule has 9 heteroatoms. The Balaban J connectivity index is 1.87. The highest BCUT2D eigenvalue weighted by molar-refractivity contribution is 6.01. The molecular formula is C30H40N4O5. The number of fused-ring (bicyclic) bond motifs is 1. The molecule has 1 aliphatic rings. The Hall–Kier alpha value is -3.88. The number of carbonyl (C=O) groups excluding carboxylic acids is 4. The first-order chi connectivity index (χ1) is 18.9. The average Bonchev–Trinajstić information content (AvgIpc) is 2.94. The van der Waals surface area contributed by atoms with Crippen molar-refractivity contribution in [1.82, 2.24) is 20.9 Å². The van der Waals surface area contributed by atoms with Crippen LogP contribution in [0.15, 0.2) is 54.6 Å². The summed E-state index contributed by atoms with van der Waals surface area (Å²) in [5, 5.41) is 8.31. The summed E-state index contributed by atoms with van der Waals surface area (Å²) in [6.07, 6.45) is 4.18. The third-order valence-electron chi connectivity index (χ3n) is 6.63. The van der Waals surface area contributed by atoms with Gasteiger partial charge in [-0.1, -0.05) is 62.2 Å². The highest BCUT2D eigenvalue weighted by Crippen LogP contribution is 2.19. The monoisotopic (exact) mass is 536 g/mol. The lowest BCUT2D eigenvalue weighted by Crippen LogP contribution is -2.53. The van der Waals surface area contributed by atoms with Gasteiger partial charge in [0, 0.05) is 26.6 Å². The Morgan fingerprint density at radius 2 is 1.69 bits per heavy atom. The summed E-state index contributed by atoms with van der Waals surface area (Å²) in [7, 11) is 1.74. The van der Waals surface area contributed by atoms with Crippen LogP contribution >= 0.6 is 0 Å². The lowest BCUT2D eigenvalue weighted by molar-refractivity contribution is -0.136. The molecule has 0 saturated carbocycles. The second-order valence-corrected chi connectivity index (χ2v) is 9.85. The van der Waals surface area contributed by atoms with Gasteiger partial charge in [0.25, 0.3) is 5.91 Å². The number of nitrogens with one attached hydrogen (secondary N) is 3. The number of carbonyl (C=O) groups is 4. The largest absolute Gasteiger partial charge is 0.493 e. The summed E-state index contributed by atoms with van der Waals surface area (Å²) in [5.74, 6) is -1.23. The Morgan fingerprint density at radius 1 is 0.974 bits per heavy atom. The fourth-order valence-corrected chi connectivity index (χ4v) is 4.45. The van der Waals surface area contributed by atoms with Gasteiger partial charge < -0.3 is 25.6 Å². The first kappa shape index (κ1) is 29.7. The minimum Gasteiger partial charge on any atom is -0.493 e. The molecule has 0 saturated heterocycles. The van der Waals surface area contributed by atoms with Gasteiger partial charge in [0.2, 0.25) is 17.7 Å². The van der Waals surface area contributed by atoms with Gasteiger partial charge in [0.05, 0.1) is 18.6 Å². The third kappa shape index (κ3) is 9.42. The fraction of sp³-hybridized carbons (Fsp3) is 0.467. The highest BCUT2D eigenvalue weighted by atomic mass is 16.5. The molecule has 0 fully saturated rings. The van der Waals surface area contributed by atoms with Crippen LogP contribution in [-0.4, -0.2) is 67.4 Å². The van der Waals surface area contributed by atoms with Crippen molar-refractivity contribution >= 4 is 23.6 Å². The lowest BCUT2D eigenvalue weighted by atomic mass is 10.0. The number of ether oxygens (including phenoxy) is 1. The molecule has 2 aromatic rings. The van der Waals surface area contributed by atoms with Crippen LogP contribution in [0.25, 0.3) is 0 Å². The SMILES string of the molecule is CCCNC(=O)[C@@H]1CC(=O)N[C@@H](Cc2ccccc2)C(=O)N(C)CCCCCCOc2ccccc2C(=O)N1. The summed E-state index contributed by atoms with van der Waals surface area (Å²) in [4.78, 5) is 54.5. The van der Waals surface area contributed by atoms with E-state index in [1.54, 1.807) is 36.2 Å². The summed E-state index contributed by atoms with van der Waals surface area (Å²) in [6.45, 7) is 3.34. The fourth-order valence-electron chi connectivity index (χ4n) is 4.45. The van der Waals surface area contributed by atoms with E-state index in [1.807, 2.05) is 37.3 Å². The minimum absolute atomic E-state index is 0.193. The molecule has 0 aliphatic carbocycles. The van der Waals surface area contributed by atoms with Gasteiger partial charge >= 0.3 is 0 Å².